The van der Waals surface area contributed by atoms with Gasteiger partial charge in [-0.1, -0.05) is 11.6 Å². The number of ketones is 1. The minimum Gasteiger partial charge on any atom is -0.465 e. The van der Waals surface area contributed by atoms with Crippen molar-refractivity contribution in [3.05, 3.63) is 69.3 Å². The molecule has 0 radical (unpaired) electrons. The van der Waals surface area contributed by atoms with Crippen molar-refractivity contribution in [2.75, 3.05) is 16.8 Å². The summed E-state index contributed by atoms with van der Waals surface area (Å²) in [6.07, 6.45) is 4.45. The number of amides is 1. The molecule has 0 atom stereocenters. The second kappa shape index (κ2) is 8.47. The molecule has 25 heavy (non-hydrogen) atoms. The fourth-order valence-electron chi connectivity index (χ4n) is 2.11. The van der Waals surface area contributed by atoms with Gasteiger partial charge in [-0.15, -0.1) is 23.5 Å². The van der Waals surface area contributed by atoms with Crippen molar-refractivity contribution in [1.29, 1.82) is 0 Å². The predicted octanol–water partition coefficient (Wildman–Crippen LogP) is 4.85. The molecule has 1 aromatic heterocycles. The molecule has 1 fully saturated rings. The first kappa shape index (κ1) is 17.9. The van der Waals surface area contributed by atoms with Crippen LogP contribution >= 0.6 is 35.1 Å². The van der Waals surface area contributed by atoms with Crippen molar-refractivity contribution >= 4 is 58.6 Å². The quantitative estimate of drug-likeness (QED) is 0.448. The van der Waals surface area contributed by atoms with Gasteiger partial charge in [0, 0.05) is 22.2 Å². The third-order valence-electron chi connectivity index (χ3n) is 3.27. The first-order valence-electron chi connectivity index (χ1n) is 7.46. The summed E-state index contributed by atoms with van der Waals surface area (Å²) < 4.78 is 5.93. The monoisotopic (exact) mass is 391 g/mol. The van der Waals surface area contributed by atoms with Gasteiger partial charge in [0.2, 0.25) is 0 Å². The molecule has 2 aromatic rings. The van der Waals surface area contributed by atoms with Gasteiger partial charge in [-0.2, -0.15) is 0 Å². The lowest BCUT2D eigenvalue weighted by Crippen LogP contribution is -2.20. The van der Waals surface area contributed by atoms with Crippen LogP contribution < -0.4 is 5.32 Å². The van der Waals surface area contributed by atoms with Crippen molar-refractivity contribution in [3.8, 4) is 0 Å². The average molecular weight is 392 g/mol. The van der Waals surface area contributed by atoms with Crippen LogP contribution in [0.3, 0.4) is 0 Å². The molecule has 3 rings (SSSR count). The van der Waals surface area contributed by atoms with Gasteiger partial charge in [-0.3, -0.25) is 9.59 Å². The fourth-order valence-corrected chi connectivity index (χ4v) is 4.79. The highest BCUT2D eigenvalue weighted by Crippen LogP contribution is 2.39. The van der Waals surface area contributed by atoms with Gasteiger partial charge >= 0.3 is 0 Å². The molecule has 1 N–H and O–H groups in total. The zero-order valence-corrected chi connectivity index (χ0v) is 15.4. The number of benzene rings is 1. The summed E-state index contributed by atoms with van der Waals surface area (Å²) in [7, 11) is 0. The first-order valence-corrected chi connectivity index (χ1v) is 9.81. The number of anilines is 1. The van der Waals surface area contributed by atoms with Crippen molar-refractivity contribution in [3.63, 3.8) is 0 Å². The smallest absolute Gasteiger partial charge is 0.261 e. The van der Waals surface area contributed by atoms with Gasteiger partial charge in [0.25, 0.3) is 5.91 Å². The number of halogens is 1. The van der Waals surface area contributed by atoms with E-state index in [2.05, 4.69) is 5.32 Å². The summed E-state index contributed by atoms with van der Waals surface area (Å²) in [4.78, 5) is 25.3. The lowest BCUT2D eigenvalue weighted by atomic mass is 10.1. The molecule has 0 saturated carbocycles. The van der Waals surface area contributed by atoms with Gasteiger partial charge in [0.1, 0.15) is 11.3 Å². The normalized spacial score (nSPS) is 14.0. The summed E-state index contributed by atoms with van der Waals surface area (Å²) in [5, 5.41) is 3.34. The molecule has 4 nitrogen and oxygen atoms in total. The van der Waals surface area contributed by atoms with Crippen LogP contribution in [0.1, 0.15) is 5.76 Å². The SMILES string of the molecule is O=C(/C=C/c1ccco1)C(C(=O)Nc1ccc(Cl)cc1)=C1SCCS1. The minimum absolute atomic E-state index is 0.158. The van der Waals surface area contributed by atoms with E-state index in [1.54, 1.807) is 42.5 Å². The van der Waals surface area contributed by atoms with Crippen molar-refractivity contribution < 1.29 is 14.0 Å². The Hall–Kier alpha value is -1.89. The van der Waals surface area contributed by atoms with Crippen LogP contribution in [-0.2, 0) is 9.59 Å². The minimum atomic E-state index is -0.423. The maximum Gasteiger partial charge on any atom is 0.261 e. The lowest BCUT2D eigenvalue weighted by molar-refractivity contribution is -0.117. The van der Waals surface area contributed by atoms with E-state index in [0.717, 1.165) is 15.7 Å². The zero-order valence-electron chi connectivity index (χ0n) is 13.0. The van der Waals surface area contributed by atoms with Crippen molar-refractivity contribution in [2.24, 2.45) is 0 Å². The third kappa shape index (κ3) is 4.81. The lowest BCUT2D eigenvalue weighted by Gasteiger charge is -2.09. The third-order valence-corrected chi connectivity index (χ3v) is 6.24. The van der Waals surface area contributed by atoms with Gasteiger partial charge in [0.05, 0.1) is 10.5 Å². The molecular weight excluding hydrogens is 378 g/mol. The standard InChI is InChI=1S/C18H14ClNO3S2/c19-12-3-5-13(6-4-12)20-17(22)16(18-24-10-11-25-18)15(21)8-7-14-2-1-9-23-14/h1-9H,10-11H2,(H,20,22)/b8-7+. The molecule has 1 aromatic carbocycles. The number of thioether (sulfide) groups is 2. The molecule has 0 aliphatic carbocycles. The maximum absolute atomic E-state index is 12.7. The number of rotatable bonds is 5. The van der Waals surface area contributed by atoms with Crippen LogP contribution in [-0.4, -0.2) is 23.2 Å². The number of allylic oxidation sites excluding steroid dienone is 1. The number of hydrogen-bond donors (Lipinski definition) is 1. The summed E-state index contributed by atoms with van der Waals surface area (Å²) in [5.74, 6) is 1.55. The topological polar surface area (TPSA) is 59.3 Å². The predicted molar refractivity (Wildman–Crippen MR) is 105 cm³/mol. The molecule has 2 heterocycles. The van der Waals surface area contributed by atoms with E-state index in [1.807, 2.05) is 0 Å². The zero-order chi connectivity index (χ0) is 17.6. The Morgan fingerprint density at radius 1 is 1.12 bits per heavy atom. The average Bonchev–Trinajstić information content (AvgIpc) is 3.29. The van der Waals surface area contributed by atoms with E-state index in [-0.39, 0.29) is 11.4 Å². The summed E-state index contributed by atoms with van der Waals surface area (Å²) in [6.45, 7) is 0. The van der Waals surface area contributed by atoms with Crippen LogP contribution in [0.25, 0.3) is 6.08 Å². The Morgan fingerprint density at radius 2 is 1.84 bits per heavy atom. The highest BCUT2D eigenvalue weighted by molar-refractivity contribution is 8.25. The van der Waals surface area contributed by atoms with Gasteiger partial charge in [0.15, 0.2) is 5.78 Å². The number of carbonyl (C=O) groups excluding carboxylic acids is 2. The fraction of sp³-hybridized carbons (Fsp3) is 0.111. The molecular formula is C18H14ClNO3S2. The van der Waals surface area contributed by atoms with Gasteiger partial charge in [-0.25, -0.2) is 0 Å². The maximum atomic E-state index is 12.7. The summed E-state index contributed by atoms with van der Waals surface area (Å²) in [5.41, 5.74) is 0.744. The number of nitrogens with one attached hydrogen (secondary N) is 1. The second-order valence-corrected chi connectivity index (χ2v) is 7.94. The van der Waals surface area contributed by atoms with E-state index in [1.165, 1.54) is 35.9 Å². The molecule has 0 spiro atoms. The highest BCUT2D eigenvalue weighted by atomic mass is 35.5. The molecule has 128 valence electrons. The van der Waals surface area contributed by atoms with Crippen LogP contribution in [0.5, 0.6) is 0 Å². The van der Waals surface area contributed by atoms with Crippen LogP contribution in [0.2, 0.25) is 5.02 Å². The Balaban J connectivity index is 1.82. The highest BCUT2D eigenvalue weighted by Gasteiger charge is 2.25. The molecule has 1 aliphatic heterocycles. The van der Waals surface area contributed by atoms with E-state index in [9.17, 15) is 9.59 Å². The van der Waals surface area contributed by atoms with Crippen LogP contribution in [0.15, 0.2) is 63.0 Å². The van der Waals surface area contributed by atoms with E-state index in [0.29, 0.717) is 16.5 Å². The first-order chi connectivity index (χ1) is 12.1. The second-order valence-electron chi connectivity index (χ2n) is 5.03. The van der Waals surface area contributed by atoms with E-state index in [4.69, 9.17) is 16.0 Å². The summed E-state index contributed by atoms with van der Waals surface area (Å²) in [6, 6.07) is 10.2. The Kier molecular flexibility index (Phi) is 6.07. The Bertz CT molecular complexity index is 819. The van der Waals surface area contributed by atoms with Crippen LogP contribution in [0.4, 0.5) is 5.69 Å². The van der Waals surface area contributed by atoms with E-state index >= 15 is 0 Å². The molecule has 7 heteroatoms. The van der Waals surface area contributed by atoms with Crippen molar-refractivity contribution in [2.45, 2.75) is 0 Å². The largest absolute Gasteiger partial charge is 0.465 e. The molecule has 1 aliphatic rings. The molecule has 1 amide bonds. The number of carbonyl (C=O) groups is 2. The molecule has 0 unspecified atom stereocenters. The van der Waals surface area contributed by atoms with Gasteiger partial charge in [-0.05, 0) is 48.6 Å². The van der Waals surface area contributed by atoms with Crippen LogP contribution in [0, 0.1) is 0 Å². The summed E-state index contributed by atoms with van der Waals surface area (Å²) >= 11 is 8.91. The van der Waals surface area contributed by atoms with E-state index < -0.39 is 5.91 Å². The molecule has 0 bridgehead atoms. The Morgan fingerprint density at radius 3 is 2.48 bits per heavy atom. The van der Waals surface area contributed by atoms with Crippen molar-refractivity contribution in [1.82, 2.24) is 0 Å². The number of furan rings is 1. The Labute approximate surface area is 158 Å². The number of hydrogen-bond acceptors (Lipinski definition) is 5. The molecule has 1 saturated heterocycles. The van der Waals surface area contributed by atoms with Gasteiger partial charge < -0.3 is 9.73 Å².